The van der Waals surface area contributed by atoms with Crippen molar-refractivity contribution in [1.29, 1.82) is 0 Å². The monoisotopic (exact) mass is 475 g/mol. The number of likely N-dealkylation sites (tertiary alicyclic amines) is 1. The fourth-order valence-corrected chi connectivity index (χ4v) is 5.23. The molecule has 1 atom stereocenters. The molecule has 1 amide bonds. The highest BCUT2D eigenvalue weighted by Gasteiger charge is 2.50. The first kappa shape index (κ1) is 21.5. The van der Waals surface area contributed by atoms with Crippen molar-refractivity contribution in [3.05, 3.63) is 35.4 Å². The summed E-state index contributed by atoms with van der Waals surface area (Å²) in [6.45, 7) is 3.49. The van der Waals surface area contributed by atoms with E-state index in [2.05, 4.69) is 15.0 Å². The highest BCUT2D eigenvalue weighted by Crippen LogP contribution is 2.48. The molecule has 3 aromatic rings. The van der Waals surface area contributed by atoms with E-state index in [1.54, 1.807) is 6.20 Å². The number of nitrogens with one attached hydrogen (secondary N) is 1. The number of fused-ring (bicyclic) bond motifs is 1. The number of pyridine rings is 1. The second-order valence-electron chi connectivity index (χ2n) is 9.08. The molecule has 3 aliphatic rings. The molecule has 170 valence electrons. The van der Waals surface area contributed by atoms with Crippen molar-refractivity contribution in [3.8, 4) is 0 Å². The lowest BCUT2D eigenvalue weighted by molar-refractivity contribution is -0.134. The molecule has 32 heavy (non-hydrogen) atoms. The van der Waals surface area contributed by atoms with Crippen molar-refractivity contribution in [2.24, 2.45) is 5.92 Å². The molecule has 10 heteroatoms. The van der Waals surface area contributed by atoms with Gasteiger partial charge in [-0.1, -0.05) is 11.6 Å². The number of amides is 1. The molecule has 3 aromatic heterocycles. The van der Waals surface area contributed by atoms with Crippen molar-refractivity contribution < 1.29 is 4.79 Å². The van der Waals surface area contributed by atoms with Gasteiger partial charge in [0.2, 0.25) is 5.91 Å². The number of H-pyrrole nitrogens is 1. The number of piperidine rings is 1. The molecule has 2 aliphatic heterocycles. The Morgan fingerprint density at radius 3 is 2.66 bits per heavy atom. The van der Waals surface area contributed by atoms with Crippen LogP contribution in [0.25, 0.3) is 11.2 Å². The number of imidazole rings is 1. The van der Waals surface area contributed by atoms with Gasteiger partial charge in [0, 0.05) is 32.4 Å². The third-order valence-corrected chi connectivity index (χ3v) is 7.19. The van der Waals surface area contributed by atoms with Gasteiger partial charge in [-0.25, -0.2) is 9.97 Å². The first-order valence-electron chi connectivity index (χ1n) is 11.2. The van der Waals surface area contributed by atoms with Gasteiger partial charge in [-0.05, 0) is 50.7 Å². The summed E-state index contributed by atoms with van der Waals surface area (Å²) >= 11 is 6.08. The van der Waals surface area contributed by atoms with Gasteiger partial charge in [-0.2, -0.15) is 5.10 Å². The number of nitrogens with zero attached hydrogens (tertiary/aromatic N) is 6. The predicted molar refractivity (Wildman–Crippen MR) is 125 cm³/mol. The Balaban J connectivity index is 0.00000216. The fraction of sp³-hybridized carbons (Fsp3) is 0.545. The molecule has 0 spiro atoms. The van der Waals surface area contributed by atoms with E-state index in [1.807, 2.05) is 27.9 Å². The third-order valence-electron chi connectivity index (χ3n) is 7.00. The zero-order chi connectivity index (χ0) is 21.0. The maximum atomic E-state index is 12.9. The molecule has 0 radical (unpaired) electrons. The van der Waals surface area contributed by atoms with E-state index in [9.17, 15) is 4.79 Å². The summed E-state index contributed by atoms with van der Waals surface area (Å²) in [6, 6.07) is 4.09. The Morgan fingerprint density at radius 2 is 1.94 bits per heavy atom. The Kier molecular flexibility index (Phi) is 5.53. The Bertz CT molecular complexity index is 1130. The van der Waals surface area contributed by atoms with E-state index in [-0.39, 0.29) is 23.9 Å². The van der Waals surface area contributed by atoms with Crippen LogP contribution in [0.5, 0.6) is 0 Å². The maximum absolute atomic E-state index is 12.9. The average Bonchev–Trinajstić information content (AvgIpc) is 3.18. The van der Waals surface area contributed by atoms with Crippen LogP contribution in [-0.2, 0) is 10.3 Å². The molecule has 1 unspecified atom stereocenters. The highest BCUT2D eigenvalue weighted by atomic mass is 35.5. The summed E-state index contributed by atoms with van der Waals surface area (Å²) in [5, 5.41) is 5.04. The minimum atomic E-state index is -0.244. The molecule has 1 saturated carbocycles. The molecular formula is C22H27Cl2N7O. The van der Waals surface area contributed by atoms with Gasteiger partial charge in [0.1, 0.15) is 17.2 Å². The number of halogens is 2. The quantitative estimate of drug-likeness (QED) is 0.622. The molecule has 0 bridgehead atoms. The molecule has 1 aliphatic carbocycles. The number of aromatic amines is 1. The number of hydrogen-bond acceptors (Lipinski definition) is 5. The summed E-state index contributed by atoms with van der Waals surface area (Å²) in [6.07, 6.45) is 9.72. The largest absolute Gasteiger partial charge is 0.356 e. The lowest BCUT2D eigenvalue weighted by Gasteiger charge is -2.34. The van der Waals surface area contributed by atoms with Crippen LogP contribution >= 0.6 is 24.0 Å². The van der Waals surface area contributed by atoms with Crippen LogP contribution in [0.1, 0.15) is 44.3 Å². The first-order chi connectivity index (χ1) is 15.1. The summed E-state index contributed by atoms with van der Waals surface area (Å²) in [5.74, 6) is 2.17. The number of aromatic nitrogens is 5. The molecule has 8 nitrogen and oxygen atoms in total. The number of anilines is 1. The summed E-state index contributed by atoms with van der Waals surface area (Å²) < 4.78 is 1.91. The normalized spacial score (nSPS) is 22.2. The topological polar surface area (TPSA) is 82.9 Å². The van der Waals surface area contributed by atoms with Crippen LogP contribution < -0.4 is 4.90 Å². The highest BCUT2D eigenvalue weighted by molar-refractivity contribution is 6.30. The van der Waals surface area contributed by atoms with Gasteiger partial charge in [-0.3, -0.25) is 9.48 Å². The van der Waals surface area contributed by atoms with Crippen LogP contribution in [0.15, 0.2) is 24.5 Å². The van der Waals surface area contributed by atoms with Crippen molar-refractivity contribution in [2.45, 2.75) is 44.1 Å². The fourth-order valence-electron chi connectivity index (χ4n) is 5.09. The number of carbonyl (C=O) groups is 1. The van der Waals surface area contributed by atoms with E-state index in [0.29, 0.717) is 16.6 Å². The van der Waals surface area contributed by atoms with Crippen molar-refractivity contribution in [1.82, 2.24) is 29.6 Å². The van der Waals surface area contributed by atoms with Gasteiger partial charge in [0.25, 0.3) is 0 Å². The van der Waals surface area contributed by atoms with Gasteiger partial charge in [0.15, 0.2) is 5.65 Å². The standard InChI is InChI=1S/C22H26ClN7O.ClH/c23-16-12-24-30(14-16)22(7-8-22)21-25-17-5-6-18(26-19(17)27-21)29-11-3-4-15(13-29)20(31)28-9-1-2-10-28;/h5-6,12,14-15H,1-4,7-11,13H2,(H,25,26,27);1H. The van der Waals surface area contributed by atoms with Crippen molar-refractivity contribution >= 4 is 46.9 Å². The molecule has 0 aromatic carbocycles. The van der Waals surface area contributed by atoms with Crippen LogP contribution in [-0.4, -0.2) is 61.7 Å². The first-order valence-corrected chi connectivity index (χ1v) is 11.6. The lowest BCUT2D eigenvalue weighted by Crippen LogP contribution is -2.44. The molecule has 6 rings (SSSR count). The summed E-state index contributed by atoms with van der Waals surface area (Å²) in [4.78, 5) is 30.3. The second-order valence-corrected chi connectivity index (χ2v) is 9.51. The molecular weight excluding hydrogens is 449 g/mol. The van der Waals surface area contributed by atoms with Crippen molar-refractivity contribution in [2.75, 3.05) is 31.1 Å². The molecule has 2 saturated heterocycles. The summed E-state index contributed by atoms with van der Waals surface area (Å²) in [5.41, 5.74) is 1.39. The van der Waals surface area contributed by atoms with Crippen LogP contribution in [0.3, 0.4) is 0 Å². The molecule has 5 heterocycles. The second kappa shape index (κ2) is 8.23. The zero-order valence-electron chi connectivity index (χ0n) is 17.8. The van der Waals surface area contributed by atoms with Crippen LogP contribution in [0, 0.1) is 5.92 Å². The minimum absolute atomic E-state index is 0. The van der Waals surface area contributed by atoms with Crippen molar-refractivity contribution in [3.63, 3.8) is 0 Å². The average molecular weight is 476 g/mol. The smallest absolute Gasteiger partial charge is 0.227 e. The maximum Gasteiger partial charge on any atom is 0.227 e. The van der Waals surface area contributed by atoms with Gasteiger partial charge >= 0.3 is 0 Å². The van der Waals surface area contributed by atoms with E-state index in [4.69, 9.17) is 21.6 Å². The predicted octanol–water partition coefficient (Wildman–Crippen LogP) is 3.61. The van der Waals surface area contributed by atoms with E-state index in [0.717, 1.165) is 81.9 Å². The van der Waals surface area contributed by atoms with Gasteiger partial charge < -0.3 is 14.8 Å². The molecule has 3 fully saturated rings. The number of hydrogen-bond donors (Lipinski definition) is 1. The van der Waals surface area contributed by atoms with E-state index < -0.39 is 0 Å². The molecule has 1 N–H and O–H groups in total. The zero-order valence-corrected chi connectivity index (χ0v) is 19.4. The lowest BCUT2D eigenvalue weighted by atomic mass is 9.96. The number of rotatable bonds is 4. The Morgan fingerprint density at radius 1 is 1.12 bits per heavy atom. The third kappa shape index (κ3) is 3.63. The van der Waals surface area contributed by atoms with Crippen LogP contribution in [0.4, 0.5) is 5.82 Å². The van der Waals surface area contributed by atoms with Gasteiger partial charge in [-0.15, -0.1) is 12.4 Å². The Labute approximate surface area is 197 Å². The minimum Gasteiger partial charge on any atom is -0.356 e. The SMILES string of the molecule is Cl.O=C(C1CCCN(c2ccc3[nH]c(C4(n5cc(Cl)cn5)CC4)nc3n2)C1)N1CCCC1. The summed E-state index contributed by atoms with van der Waals surface area (Å²) in [7, 11) is 0. The van der Waals surface area contributed by atoms with E-state index >= 15 is 0 Å². The van der Waals surface area contributed by atoms with Gasteiger partial charge in [0.05, 0.1) is 22.7 Å². The van der Waals surface area contributed by atoms with E-state index in [1.165, 1.54) is 0 Å². The Hall–Kier alpha value is -2.32. The number of carbonyl (C=O) groups excluding carboxylic acids is 1. The van der Waals surface area contributed by atoms with Crippen LogP contribution in [0.2, 0.25) is 5.02 Å².